The van der Waals surface area contributed by atoms with Crippen LogP contribution in [0, 0.1) is 0 Å². The molecular formula is C24H28N2O5. The molecule has 0 spiro atoms. The van der Waals surface area contributed by atoms with E-state index in [-0.39, 0.29) is 12.4 Å². The Hall–Kier alpha value is -3.32. The average molecular weight is 424 g/mol. The molecule has 0 radical (unpaired) electrons. The summed E-state index contributed by atoms with van der Waals surface area (Å²) in [6.07, 6.45) is 1.88. The van der Waals surface area contributed by atoms with E-state index in [1.165, 1.54) is 0 Å². The smallest absolute Gasteiger partial charge is 0.310 e. The van der Waals surface area contributed by atoms with Gasteiger partial charge in [0.05, 0.1) is 24.2 Å². The predicted molar refractivity (Wildman–Crippen MR) is 120 cm³/mol. The van der Waals surface area contributed by atoms with Crippen LogP contribution in [0.2, 0.25) is 0 Å². The first-order chi connectivity index (χ1) is 14.7. The number of carbonyl (C=O) groups excluding carboxylic acids is 1. The normalized spacial score (nSPS) is 11.4. The van der Waals surface area contributed by atoms with Gasteiger partial charge in [-0.25, -0.2) is 0 Å². The molecule has 0 amide bonds. The van der Waals surface area contributed by atoms with Gasteiger partial charge >= 0.3 is 5.97 Å². The van der Waals surface area contributed by atoms with Gasteiger partial charge in [-0.15, -0.1) is 0 Å². The van der Waals surface area contributed by atoms with Crippen LogP contribution in [0.15, 0.2) is 48.7 Å². The summed E-state index contributed by atoms with van der Waals surface area (Å²) >= 11 is 0. The molecule has 1 aromatic heterocycles. The number of pyridine rings is 1. The number of hydrogen-bond acceptors (Lipinski definition) is 7. The molecule has 2 N–H and O–H groups in total. The lowest BCUT2D eigenvalue weighted by Gasteiger charge is -2.19. The van der Waals surface area contributed by atoms with Crippen molar-refractivity contribution < 1.29 is 23.7 Å². The molecule has 164 valence electrons. The summed E-state index contributed by atoms with van der Waals surface area (Å²) in [5.74, 6) is 1.56. The number of nitrogens with zero attached hydrogens (tertiary/aromatic N) is 1. The fourth-order valence-corrected chi connectivity index (χ4v) is 2.96. The second-order valence-corrected chi connectivity index (χ2v) is 8.07. The Labute approximate surface area is 182 Å². The Balaban J connectivity index is 1.74. The first-order valence-electron chi connectivity index (χ1n) is 10.0. The van der Waals surface area contributed by atoms with E-state index in [1.54, 1.807) is 31.5 Å². The summed E-state index contributed by atoms with van der Waals surface area (Å²) in [7, 11) is 1.61. The molecule has 0 saturated heterocycles. The molecule has 3 rings (SSSR count). The van der Waals surface area contributed by atoms with Gasteiger partial charge in [0, 0.05) is 24.8 Å². The van der Waals surface area contributed by atoms with Gasteiger partial charge in [0.15, 0.2) is 0 Å². The van der Waals surface area contributed by atoms with E-state index in [9.17, 15) is 4.79 Å². The molecule has 0 aliphatic carbocycles. The molecule has 7 nitrogen and oxygen atoms in total. The van der Waals surface area contributed by atoms with Gasteiger partial charge in [0.2, 0.25) is 0 Å². The van der Waals surface area contributed by atoms with Crippen molar-refractivity contribution in [1.29, 1.82) is 0 Å². The monoisotopic (exact) mass is 424 g/mol. The molecule has 0 atom stereocenters. The number of hydrogen-bond donors (Lipinski definition) is 1. The highest BCUT2D eigenvalue weighted by atomic mass is 16.6. The van der Waals surface area contributed by atoms with Crippen LogP contribution in [0.1, 0.15) is 26.3 Å². The minimum atomic E-state index is -0.501. The number of esters is 1. The van der Waals surface area contributed by atoms with Crippen LogP contribution in [0.5, 0.6) is 17.2 Å². The zero-order valence-corrected chi connectivity index (χ0v) is 18.3. The zero-order chi connectivity index (χ0) is 22.4. The topological polar surface area (TPSA) is 92.9 Å². The Morgan fingerprint density at radius 3 is 2.45 bits per heavy atom. The van der Waals surface area contributed by atoms with Crippen LogP contribution in [0.4, 0.5) is 5.69 Å². The second kappa shape index (κ2) is 9.66. The van der Waals surface area contributed by atoms with Crippen molar-refractivity contribution >= 4 is 22.6 Å². The Kier molecular flexibility index (Phi) is 6.97. The minimum absolute atomic E-state index is 0.206. The number of ether oxygens (including phenoxy) is 4. The van der Waals surface area contributed by atoms with E-state index in [0.717, 1.165) is 10.9 Å². The summed E-state index contributed by atoms with van der Waals surface area (Å²) in [5.41, 5.74) is 7.70. The van der Waals surface area contributed by atoms with Crippen LogP contribution in [-0.4, -0.2) is 36.9 Å². The van der Waals surface area contributed by atoms with Crippen molar-refractivity contribution in [2.45, 2.75) is 32.8 Å². The second-order valence-electron chi connectivity index (χ2n) is 8.07. The number of carbonyl (C=O) groups is 1. The molecule has 7 heteroatoms. The van der Waals surface area contributed by atoms with Gasteiger partial charge in [-0.05, 0) is 50.6 Å². The van der Waals surface area contributed by atoms with E-state index in [2.05, 4.69) is 4.98 Å². The summed E-state index contributed by atoms with van der Waals surface area (Å²) in [6, 6.07) is 12.7. The van der Waals surface area contributed by atoms with Crippen LogP contribution < -0.4 is 15.2 Å². The zero-order valence-electron chi connectivity index (χ0n) is 18.3. The Morgan fingerprint density at radius 2 is 1.77 bits per heavy atom. The number of benzene rings is 2. The lowest BCUT2D eigenvalue weighted by Crippen LogP contribution is -2.24. The lowest BCUT2D eigenvalue weighted by atomic mass is 10.1. The molecule has 0 unspecified atom stereocenters. The molecule has 2 aromatic carbocycles. The number of aromatic nitrogens is 1. The van der Waals surface area contributed by atoms with Crippen LogP contribution in [-0.2, 0) is 20.7 Å². The van der Waals surface area contributed by atoms with E-state index < -0.39 is 5.60 Å². The molecule has 0 bridgehead atoms. The van der Waals surface area contributed by atoms with Crippen molar-refractivity contribution in [3.05, 3.63) is 54.2 Å². The van der Waals surface area contributed by atoms with Gasteiger partial charge in [-0.1, -0.05) is 12.1 Å². The Bertz CT molecular complexity index is 1040. The average Bonchev–Trinajstić information content (AvgIpc) is 2.69. The maximum absolute atomic E-state index is 12.0. The van der Waals surface area contributed by atoms with Crippen LogP contribution in [0.25, 0.3) is 10.9 Å². The van der Waals surface area contributed by atoms with Gasteiger partial charge in [0.1, 0.15) is 29.5 Å². The third-order valence-electron chi connectivity index (χ3n) is 4.30. The standard InChI is InChI=1S/C24H28N2O5/c1-24(2,3)31-23(27)13-16-5-7-17(8-6-16)30-21-9-10-26-20-15-22(29-12-11-28-4)19(25)14-18(20)21/h5-10,14-15H,11-13,25H2,1-4H3. The summed E-state index contributed by atoms with van der Waals surface area (Å²) < 4.78 is 22.1. The maximum atomic E-state index is 12.0. The predicted octanol–water partition coefficient (Wildman–Crippen LogP) is 4.52. The number of methoxy groups -OCH3 is 1. The first-order valence-corrected chi connectivity index (χ1v) is 10.0. The summed E-state index contributed by atoms with van der Waals surface area (Å²) in [4.78, 5) is 16.4. The molecule has 0 saturated carbocycles. The van der Waals surface area contributed by atoms with E-state index in [4.69, 9.17) is 24.7 Å². The minimum Gasteiger partial charge on any atom is -0.489 e. The van der Waals surface area contributed by atoms with Crippen molar-refractivity contribution in [3.8, 4) is 17.2 Å². The molecule has 31 heavy (non-hydrogen) atoms. The molecule has 0 aliphatic heterocycles. The quantitative estimate of drug-likeness (QED) is 0.323. The highest BCUT2D eigenvalue weighted by Gasteiger charge is 2.16. The van der Waals surface area contributed by atoms with Gasteiger partial charge in [-0.3, -0.25) is 9.78 Å². The first kappa shape index (κ1) is 22.4. The molecule has 1 heterocycles. The SMILES string of the molecule is COCCOc1cc2nccc(Oc3ccc(CC(=O)OC(C)(C)C)cc3)c2cc1N. The fraction of sp³-hybridized carbons (Fsp3) is 0.333. The molecular weight excluding hydrogens is 396 g/mol. The van der Waals surface area contributed by atoms with Crippen LogP contribution >= 0.6 is 0 Å². The van der Waals surface area contributed by atoms with Gasteiger partial charge in [-0.2, -0.15) is 0 Å². The number of anilines is 1. The van der Waals surface area contributed by atoms with Crippen LogP contribution in [0.3, 0.4) is 0 Å². The van der Waals surface area contributed by atoms with Gasteiger partial charge in [0.25, 0.3) is 0 Å². The van der Waals surface area contributed by atoms with E-state index >= 15 is 0 Å². The number of nitrogens with two attached hydrogens (primary N) is 1. The van der Waals surface area contributed by atoms with Crippen molar-refractivity contribution in [2.24, 2.45) is 0 Å². The third-order valence-corrected chi connectivity index (χ3v) is 4.30. The summed E-state index contributed by atoms with van der Waals surface area (Å²) in [6.45, 7) is 6.42. The lowest BCUT2D eigenvalue weighted by molar-refractivity contribution is -0.153. The van der Waals surface area contributed by atoms with Crippen molar-refractivity contribution in [2.75, 3.05) is 26.1 Å². The Morgan fingerprint density at radius 1 is 1.03 bits per heavy atom. The number of fused-ring (bicyclic) bond motifs is 1. The maximum Gasteiger partial charge on any atom is 0.310 e. The highest BCUT2D eigenvalue weighted by molar-refractivity contribution is 5.90. The van der Waals surface area contributed by atoms with Gasteiger partial charge < -0.3 is 24.7 Å². The fourth-order valence-electron chi connectivity index (χ4n) is 2.96. The van der Waals surface area contributed by atoms with Crippen molar-refractivity contribution in [1.82, 2.24) is 4.98 Å². The largest absolute Gasteiger partial charge is 0.489 e. The number of nitrogen functional groups attached to an aromatic ring is 1. The number of rotatable bonds is 8. The van der Waals surface area contributed by atoms with E-state index in [1.807, 2.05) is 45.0 Å². The third kappa shape index (κ3) is 6.33. The molecule has 0 fully saturated rings. The summed E-state index contributed by atoms with van der Waals surface area (Å²) in [5, 5.41) is 0.775. The molecule has 3 aromatic rings. The molecule has 0 aliphatic rings. The van der Waals surface area contributed by atoms with Crippen molar-refractivity contribution in [3.63, 3.8) is 0 Å². The van der Waals surface area contributed by atoms with E-state index in [0.29, 0.717) is 41.7 Å². The highest BCUT2D eigenvalue weighted by Crippen LogP contribution is 2.34.